The van der Waals surface area contributed by atoms with Crippen LogP contribution in [-0.4, -0.2) is 15.0 Å². The lowest BCUT2D eigenvalue weighted by Crippen LogP contribution is -2.14. The van der Waals surface area contributed by atoms with Crippen LogP contribution in [0.4, 0.5) is 11.6 Å². The number of nitrogens with one attached hydrogen (secondary N) is 1. The largest absolute Gasteiger partial charge is 0.382 e. The first-order valence-electron chi connectivity index (χ1n) is 9.32. The van der Waals surface area contributed by atoms with Crippen molar-refractivity contribution >= 4 is 22.5 Å². The summed E-state index contributed by atoms with van der Waals surface area (Å²) in [6.45, 7) is 4.12. The lowest BCUT2D eigenvalue weighted by Gasteiger charge is -2.21. The van der Waals surface area contributed by atoms with E-state index in [1.807, 2.05) is 43.3 Å². The summed E-state index contributed by atoms with van der Waals surface area (Å²) >= 11 is 0. The Bertz CT molecular complexity index is 1230. The average molecular weight is 380 g/mol. The molecule has 0 aliphatic heterocycles. The second-order valence-electron chi connectivity index (χ2n) is 6.84. The minimum atomic E-state index is -0.213. The van der Waals surface area contributed by atoms with E-state index in [0.717, 1.165) is 33.3 Å². The predicted molar refractivity (Wildman–Crippen MR) is 115 cm³/mol. The molecule has 4 rings (SSSR count). The van der Waals surface area contributed by atoms with Gasteiger partial charge in [-0.05, 0) is 31.0 Å². The zero-order chi connectivity index (χ0) is 20.4. The second kappa shape index (κ2) is 7.56. The molecule has 1 atom stereocenters. The monoisotopic (exact) mass is 380 g/mol. The van der Waals surface area contributed by atoms with Crippen LogP contribution in [0.25, 0.3) is 22.0 Å². The van der Waals surface area contributed by atoms with E-state index in [2.05, 4.69) is 46.5 Å². The lowest BCUT2D eigenvalue weighted by atomic mass is 9.93. The molecule has 2 aromatic carbocycles. The molecule has 142 valence electrons. The number of fused-ring (bicyclic) bond motifs is 1. The van der Waals surface area contributed by atoms with Crippen LogP contribution in [0.5, 0.6) is 0 Å². The first-order valence-corrected chi connectivity index (χ1v) is 9.32. The van der Waals surface area contributed by atoms with Crippen LogP contribution < -0.4 is 11.1 Å². The van der Waals surface area contributed by atoms with Gasteiger partial charge < -0.3 is 11.1 Å². The maximum absolute atomic E-state index is 9.44. The molecule has 2 heterocycles. The van der Waals surface area contributed by atoms with Crippen LogP contribution in [0.1, 0.15) is 29.8 Å². The molecular weight excluding hydrogens is 360 g/mol. The van der Waals surface area contributed by atoms with Crippen molar-refractivity contribution in [1.82, 2.24) is 15.0 Å². The second-order valence-corrected chi connectivity index (χ2v) is 6.84. The number of hydrogen-bond donors (Lipinski definition) is 2. The molecule has 6 nitrogen and oxygen atoms in total. The number of aryl methyl sites for hydroxylation is 1. The van der Waals surface area contributed by atoms with E-state index >= 15 is 0 Å². The van der Waals surface area contributed by atoms with Gasteiger partial charge in [0.25, 0.3) is 0 Å². The molecule has 29 heavy (non-hydrogen) atoms. The fourth-order valence-electron chi connectivity index (χ4n) is 3.58. The number of nitrogens with zero attached hydrogens (tertiary/aromatic N) is 4. The van der Waals surface area contributed by atoms with Gasteiger partial charge in [0.05, 0.1) is 17.3 Å². The summed E-state index contributed by atoms with van der Waals surface area (Å²) in [4.78, 5) is 13.1. The van der Waals surface area contributed by atoms with Gasteiger partial charge in [-0.2, -0.15) is 5.26 Å². The average Bonchev–Trinajstić information content (AvgIpc) is 2.74. The Morgan fingerprint density at radius 1 is 1.03 bits per heavy atom. The molecule has 0 fully saturated rings. The van der Waals surface area contributed by atoms with E-state index in [1.54, 1.807) is 0 Å². The van der Waals surface area contributed by atoms with Crippen molar-refractivity contribution in [3.8, 4) is 17.2 Å². The Hall–Kier alpha value is -3.98. The highest BCUT2D eigenvalue weighted by Crippen LogP contribution is 2.35. The van der Waals surface area contributed by atoms with Gasteiger partial charge >= 0.3 is 0 Å². The number of para-hydroxylation sites is 1. The molecule has 0 saturated carbocycles. The summed E-state index contributed by atoms with van der Waals surface area (Å²) in [5, 5.41) is 13.9. The van der Waals surface area contributed by atoms with E-state index < -0.39 is 0 Å². The van der Waals surface area contributed by atoms with Crippen molar-refractivity contribution in [1.29, 1.82) is 5.26 Å². The summed E-state index contributed by atoms with van der Waals surface area (Å²) in [7, 11) is 0. The molecule has 3 N–H and O–H groups in total. The third kappa shape index (κ3) is 3.34. The number of nitrogen functional groups attached to an aromatic ring is 1. The Kier molecular flexibility index (Phi) is 4.80. The Morgan fingerprint density at radius 3 is 2.52 bits per heavy atom. The zero-order valence-electron chi connectivity index (χ0n) is 16.2. The minimum Gasteiger partial charge on any atom is -0.382 e. The van der Waals surface area contributed by atoms with E-state index in [9.17, 15) is 5.26 Å². The lowest BCUT2D eigenvalue weighted by molar-refractivity contribution is 0.837. The van der Waals surface area contributed by atoms with Crippen LogP contribution in [0.2, 0.25) is 0 Å². The van der Waals surface area contributed by atoms with Crippen LogP contribution >= 0.6 is 0 Å². The number of aromatic nitrogens is 3. The molecule has 2 aromatic heterocycles. The highest BCUT2D eigenvalue weighted by molar-refractivity contribution is 5.90. The number of nitrogens with two attached hydrogens (primary N) is 1. The number of hydrogen-bond acceptors (Lipinski definition) is 6. The van der Waals surface area contributed by atoms with Gasteiger partial charge in [0.1, 0.15) is 29.6 Å². The van der Waals surface area contributed by atoms with Crippen molar-refractivity contribution in [2.75, 3.05) is 11.1 Å². The number of rotatable bonds is 4. The third-order valence-corrected chi connectivity index (χ3v) is 4.99. The third-order valence-electron chi connectivity index (χ3n) is 4.99. The normalized spacial score (nSPS) is 11.8. The molecule has 0 aliphatic rings. The van der Waals surface area contributed by atoms with Gasteiger partial charge in [-0.15, -0.1) is 0 Å². The summed E-state index contributed by atoms with van der Waals surface area (Å²) in [6, 6.07) is 20.2. The molecular formula is C23H20N6. The van der Waals surface area contributed by atoms with E-state index in [-0.39, 0.29) is 17.4 Å². The van der Waals surface area contributed by atoms with Gasteiger partial charge in [-0.3, -0.25) is 0 Å². The number of benzene rings is 2. The van der Waals surface area contributed by atoms with Crippen LogP contribution in [0.3, 0.4) is 0 Å². The van der Waals surface area contributed by atoms with Crippen molar-refractivity contribution < 1.29 is 0 Å². The molecule has 0 aliphatic carbocycles. The van der Waals surface area contributed by atoms with Crippen molar-refractivity contribution in [3.63, 3.8) is 0 Å². The molecule has 0 radical (unpaired) electrons. The highest BCUT2D eigenvalue weighted by atomic mass is 15.1. The van der Waals surface area contributed by atoms with E-state index in [0.29, 0.717) is 5.82 Å². The summed E-state index contributed by atoms with van der Waals surface area (Å²) in [6.07, 6.45) is 1.35. The van der Waals surface area contributed by atoms with Gasteiger partial charge in [0.2, 0.25) is 0 Å². The molecule has 0 spiro atoms. The van der Waals surface area contributed by atoms with Gasteiger partial charge in [-0.25, -0.2) is 15.0 Å². The molecule has 0 bridgehead atoms. The molecule has 4 aromatic rings. The number of anilines is 2. The van der Waals surface area contributed by atoms with Crippen LogP contribution in [0.15, 0.2) is 60.9 Å². The first kappa shape index (κ1) is 18.4. The van der Waals surface area contributed by atoms with Crippen LogP contribution in [0, 0.1) is 18.3 Å². The Labute approximate surface area is 169 Å². The van der Waals surface area contributed by atoms with Crippen molar-refractivity contribution in [2.24, 2.45) is 0 Å². The standard InChI is InChI=1S/C23H20N6/c1-14-17-10-6-7-11-19(17)29-21(20(14)16-8-4-3-5-9-16)15(2)28-23-18(12-24)22(25)26-13-27-23/h3-11,13,15H,1-2H3,(H3,25,26,27,28)/t15-/m0/s1. The molecule has 0 amide bonds. The number of pyridine rings is 1. The maximum Gasteiger partial charge on any atom is 0.150 e. The molecule has 6 heteroatoms. The van der Waals surface area contributed by atoms with E-state index in [4.69, 9.17) is 10.7 Å². The summed E-state index contributed by atoms with van der Waals surface area (Å²) < 4.78 is 0. The topological polar surface area (TPSA) is 101 Å². The SMILES string of the molecule is Cc1c(-c2ccccc2)c([C@H](C)Nc2ncnc(N)c2C#N)nc2ccccc12. The molecule has 0 unspecified atom stereocenters. The quantitative estimate of drug-likeness (QED) is 0.535. The minimum absolute atomic E-state index is 0.156. The number of nitriles is 1. The van der Waals surface area contributed by atoms with Gasteiger partial charge in [-0.1, -0.05) is 48.5 Å². The summed E-state index contributed by atoms with van der Waals surface area (Å²) in [5.41, 5.74) is 11.2. The highest BCUT2D eigenvalue weighted by Gasteiger charge is 2.20. The zero-order valence-corrected chi connectivity index (χ0v) is 16.2. The first-order chi connectivity index (χ1) is 14.1. The Balaban J connectivity index is 1.89. The Morgan fingerprint density at radius 2 is 1.76 bits per heavy atom. The maximum atomic E-state index is 9.44. The predicted octanol–water partition coefficient (Wildman–Crippen LogP) is 4.63. The van der Waals surface area contributed by atoms with Crippen molar-refractivity contribution in [3.05, 3.63) is 77.7 Å². The van der Waals surface area contributed by atoms with Crippen LogP contribution in [-0.2, 0) is 0 Å². The fraction of sp³-hybridized carbons (Fsp3) is 0.130. The smallest absolute Gasteiger partial charge is 0.150 e. The van der Waals surface area contributed by atoms with Gasteiger partial charge in [0.15, 0.2) is 0 Å². The molecule has 0 saturated heterocycles. The van der Waals surface area contributed by atoms with Gasteiger partial charge in [0, 0.05) is 10.9 Å². The van der Waals surface area contributed by atoms with Crippen molar-refractivity contribution in [2.45, 2.75) is 19.9 Å². The van der Waals surface area contributed by atoms with E-state index in [1.165, 1.54) is 6.33 Å². The fourth-order valence-corrected chi connectivity index (χ4v) is 3.58. The summed E-state index contributed by atoms with van der Waals surface area (Å²) in [5.74, 6) is 0.558.